The molecule has 1 amide bonds. The van der Waals surface area contributed by atoms with Gasteiger partial charge in [0.1, 0.15) is 17.6 Å². The minimum Gasteiger partial charge on any atom is -0.484 e. The SMILES string of the molecule is O=C(COc1ccccc1)Nc1ccc(N2C(=S)N[C@H](c3ccccn3)[C@H]2c2ccc(Sc3ccc(Cl)cc3)o2)cc1. The highest BCUT2D eigenvalue weighted by atomic mass is 35.5. The van der Waals surface area contributed by atoms with Crippen molar-refractivity contribution >= 4 is 58.0 Å². The number of thiocarbonyl (C=S) groups is 1. The number of nitrogens with one attached hydrogen (secondary N) is 2. The van der Waals surface area contributed by atoms with Crippen LogP contribution in [0.25, 0.3) is 0 Å². The number of halogens is 1. The zero-order chi connectivity index (χ0) is 28.9. The number of ether oxygens (including phenoxy) is 1. The second kappa shape index (κ2) is 12.7. The summed E-state index contributed by atoms with van der Waals surface area (Å²) in [5.74, 6) is 1.13. The van der Waals surface area contributed by atoms with Crippen LogP contribution in [0.15, 0.2) is 130 Å². The summed E-state index contributed by atoms with van der Waals surface area (Å²) in [6, 6.07) is 33.6. The van der Waals surface area contributed by atoms with Crippen molar-refractivity contribution in [3.63, 3.8) is 0 Å². The summed E-state index contributed by atoms with van der Waals surface area (Å²) in [5, 5.41) is 8.30. The van der Waals surface area contributed by atoms with E-state index in [1.807, 2.05) is 114 Å². The number of carbonyl (C=O) groups is 1. The van der Waals surface area contributed by atoms with E-state index in [0.717, 1.165) is 27.1 Å². The lowest BCUT2D eigenvalue weighted by atomic mass is 10.0. The van der Waals surface area contributed by atoms with Crippen molar-refractivity contribution in [2.45, 2.75) is 22.1 Å². The number of pyridine rings is 1. The summed E-state index contributed by atoms with van der Waals surface area (Å²) >= 11 is 13.4. The highest BCUT2D eigenvalue weighted by Gasteiger charge is 2.42. The Labute approximate surface area is 257 Å². The molecule has 1 aliphatic rings. The van der Waals surface area contributed by atoms with Gasteiger partial charge in [-0.15, -0.1) is 0 Å². The number of hydrogen-bond acceptors (Lipinski definition) is 6. The highest BCUT2D eigenvalue weighted by molar-refractivity contribution is 7.99. The van der Waals surface area contributed by atoms with Crippen molar-refractivity contribution in [3.8, 4) is 5.75 Å². The molecule has 5 aromatic rings. The molecule has 210 valence electrons. The maximum absolute atomic E-state index is 12.5. The third kappa shape index (κ3) is 6.44. The molecule has 10 heteroatoms. The van der Waals surface area contributed by atoms with Crippen LogP contribution in [0, 0.1) is 0 Å². The van der Waals surface area contributed by atoms with Gasteiger partial charge in [-0.3, -0.25) is 9.78 Å². The van der Waals surface area contributed by atoms with E-state index in [1.54, 1.807) is 6.20 Å². The van der Waals surface area contributed by atoms with E-state index in [4.69, 9.17) is 33.0 Å². The second-order valence-electron chi connectivity index (χ2n) is 9.41. The number of nitrogens with zero attached hydrogens (tertiary/aromatic N) is 2. The van der Waals surface area contributed by atoms with Gasteiger partial charge in [-0.2, -0.15) is 0 Å². The molecular formula is C32H25ClN4O3S2. The van der Waals surface area contributed by atoms with Crippen LogP contribution in [0.3, 0.4) is 0 Å². The van der Waals surface area contributed by atoms with Crippen LogP contribution >= 0.6 is 35.6 Å². The van der Waals surface area contributed by atoms with Crippen LogP contribution in [-0.4, -0.2) is 22.6 Å². The molecular weight excluding hydrogens is 588 g/mol. The Kier molecular flexibility index (Phi) is 8.41. The first kappa shape index (κ1) is 27.8. The van der Waals surface area contributed by atoms with Crippen molar-refractivity contribution in [1.82, 2.24) is 10.3 Å². The van der Waals surface area contributed by atoms with Crippen LogP contribution in [0.5, 0.6) is 5.75 Å². The maximum Gasteiger partial charge on any atom is 0.262 e. The van der Waals surface area contributed by atoms with E-state index in [1.165, 1.54) is 11.8 Å². The first-order chi connectivity index (χ1) is 20.5. The zero-order valence-corrected chi connectivity index (χ0v) is 24.5. The van der Waals surface area contributed by atoms with Crippen LogP contribution in [0.1, 0.15) is 23.5 Å². The van der Waals surface area contributed by atoms with Crippen LogP contribution in [-0.2, 0) is 4.79 Å². The number of carbonyl (C=O) groups excluding carboxylic acids is 1. The smallest absolute Gasteiger partial charge is 0.262 e. The first-order valence-corrected chi connectivity index (χ1v) is 14.8. The topological polar surface area (TPSA) is 79.6 Å². The fourth-order valence-corrected chi connectivity index (χ4v) is 5.91. The molecule has 0 unspecified atom stereocenters. The molecule has 1 fully saturated rings. The number of furan rings is 1. The molecule has 42 heavy (non-hydrogen) atoms. The maximum atomic E-state index is 12.5. The molecule has 0 bridgehead atoms. The van der Waals surface area contributed by atoms with Gasteiger partial charge in [-0.05, 0) is 97.1 Å². The molecule has 0 saturated carbocycles. The van der Waals surface area contributed by atoms with Gasteiger partial charge in [0, 0.05) is 27.5 Å². The third-order valence-corrected chi connectivity index (χ3v) is 8.06. The third-order valence-electron chi connectivity index (χ3n) is 6.57. The highest BCUT2D eigenvalue weighted by Crippen LogP contribution is 2.43. The molecule has 2 aromatic heterocycles. The number of amides is 1. The van der Waals surface area contributed by atoms with E-state index in [2.05, 4.69) is 15.6 Å². The summed E-state index contributed by atoms with van der Waals surface area (Å²) in [4.78, 5) is 20.1. The summed E-state index contributed by atoms with van der Waals surface area (Å²) in [6.07, 6.45) is 1.77. The zero-order valence-electron chi connectivity index (χ0n) is 22.1. The van der Waals surface area contributed by atoms with E-state index < -0.39 is 0 Å². The van der Waals surface area contributed by atoms with Crippen LogP contribution < -0.4 is 20.3 Å². The number of benzene rings is 3. The van der Waals surface area contributed by atoms with Crippen molar-refractivity contribution in [2.24, 2.45) is 0 Å². The van der Waals surface area contributed by atoms with Crippen LogP contribution in [0.4, 0.5) is 11.4 Å². The lowest BCUT2D eigenvalue weighted by Gasteiger charge is -2.26. The number of anilines is 2. The van der Waals surface area contributed by atoms with Gasteiger partial charge in [0.15, 0.2) is 16.8 Å². The number of hydrogen-bond donors (Lipinski definition) is 2. The lowest BCUT2D eigenvalue weighted by molar-refractivity contribution is -0.118. The summed E-state index contributed by atoms with van der Waals surface area (Å²) in [6.45, 7) is -0.0887. The molecule has 1 aliphatic heterocycles. The van der Waals surface area contributed by atoms with Gasteiger partial charge in [0.05, 0.1) is 11.7 Å². The van der Waals surface area contributed by atoms with E-state index in [9.17, 15) is 4.79 Å². The first-order valence-electron chi connectivity index (χ1n) is 13.1. The Morgan fingerprint density at radius 3 is 2.48 bits per heavy atom. The number of para-hydroxylation sites is 1. The minimum absolute atomic E-state index is 0.0887. The minimum atomic E-state index is -0.299. The molecule has 2 N–H and O–H groups in total. The predicted molar refractivity (Wildman–Crippen MR) is 169 cm³/mol. The molecule has 0 aliphatic carbocycles. The molecule has 0 spiro atoms. The molecule has 7 nitrogen and oxygen atoms in total. The molecule has 6 rings (SSSR count). The van der Waals surface area contributed by atoms with Gasteiger partial charge in [0.25, 0.3) is 5.91 Å². The Hall–Kier alpha value is -4.31. The number of aromatic nitrogens is 1. The van der Waals surface area contributed by atoms with Gasteiger partial charge >= 0.3 is 0 Å². The predicted octanol–water partition coefficient (Wildman–Crippen LogP) is 7.67. The van der Waals surface area contributed by atoms with E-state index in [0.29, 0.717) is 21.6 Å². The van der Waals surface area contributed by atoms with Crippen molar-refractivity contribution < 1.29 is 13.9 Å². The van der Waals surface area contributed by atoms with Gasteiger partial charge in [0.2, 0.25) is 0 Å². The average Bonchev–Trinajstić information content (AvgIpc) is 3.62. The largest absolute Gasteiger partial charge is 0.484 e. The second-order valence-corrected chi connectivity index (χ2v) is 11.3. The van der Waals surface area contributed by atoms with Gasteiger partial charge in [-0.25, -0.2) is 0 Å². The van der Waals surface area contributed by atoms with E-state index >= 15 is 0 Å². The Morgan fingerprint density at radius 1 is 0.976 bits per heavy atom. The Balaban J connectivity index is 1.22. The molecule has 1 saturated heterocycles. The Bertz CT molecular complexity index is 1670. The van der Waals surface area contributed by atoms with Crippen molar-refractivity contribution in [1.29, 1.82) is 0 Å². The lowest BCUT2D eigenvalue weighted by Crippen LogP contribution is -2.29. The quantitative estimate of drug-likeness (QED) is 0.164. The molecule has 3 aromatic carbocycles. The van der Waals surface area contributed by atoms with Crippen molar-refractivity contribution in [2.75, 3.05) is 16.8 Å². The average molecular weight is 613 g/mol. The number of rotatable bonds is 9. The van der Waals surface area contributed by atoms with Gasteiger partial charge < -0.3 is 24.7 Å². The Morgan fingerprint density at radius 2 is 1.74 bits per heavy atom. The van der Waals surface area contributed by atoms with Gasteiger partial charge in [-0.1, -0.05) is 47.6 Å². The summed E-state index contributed by atoms with van der Waals surface area (Å²) in [5.41, 5.74) is 2.34. The summed E-state index contributed by atoms with van der Waals surface area (Å²) < 4.78 is 11.9. The molecule has 0 radical (unpaired) electrons. The molecule has 2 atom stereocenters. The van der Waals surface area contributed by atoms with Crippen molar-refractivity contribution in [3.05, 3.63) is 132 Å². The van der Waals surface area contributed by atoms with Crippen LogP contribution in [0.2, 0.25) is 5.02 Å². The molecule has 3 heterocycles. The summed E-state index contributed by atoms with van der Waals surface area (Å²) in [7, 11) is 0. The normalized spacial score (nSPS) is 16.2. The van der Waals surface area contributed by atoms with E-state index in [-0.39, 0.29) is 24.6 Å². The monoisotopic (exact) mass is 612 g/mol. The fraction of sp³-hybridized carbons (Fsp3) is 0.0938. The standard InChI is InChI=1S/C32H25ClN4O3S2/c33-21-9-15-25(16-10-21)42-29-18-17-27(40-29)31-30(26-8-4-5-19-34-26)36-32(41)37(31)23-13-11-22(12-14-23)35-28(38)20-39-24-6-2-1-3-7-24/h1-19,30-31H,20H2,(H,35,38)(H,36,41)/t30-,31-/m1/s1. The fourth-order valence-electron chi connectivity index (χ4n) is 4.66.